The lowest BCUT2D eigenvalue weighted by atomic mass is 10.0. The summed E-state index contributed by atoms with van der Waals surface area (Å²) in [6, 6.07) is 2.22. The second kappa shape index (κ2) is 7.97. The Labute approximate surface area is 148 Å². The zero-order valence-corrected chi connectivity index (χ0v) is 15.1. The SMILES string of the molecule is CC(C)NC(=O)CN1CCN(c2cc([C@@H]3CCOC3)nc(N)n2)CC1. The van der Waals surface area contributed by atoms with Gasteiger partial charge < -0.3 is 20.7 Å². The number of nitrogens with two attached hydrogens (primary N) is 1. The maximum Gasteiger partial charge on any atom is 0.234 e. The minimum absolute atomic E-state index is 0.0817. The molecule has 0 spiro atoms. The number of hydrogen-bond donors (Lipinski definition) is 2. The predicted molar refractivity (Wildman–Crippen MR) is 96.6 cm³/mol. The average Bonchev–Trinajstić information content (AvgIpc) is 3.08. The van der Waals surface area contributed by atoms with Crippen molar-refractivity contribution in [3.05, 3.63) is 11.8 Å². The van der Waals surface area contributed by atoms with Gasteiger partial charge in [0.05, 0.1) is 18.8 Å². The molecule has 2 fully saturated rings. The summed E-state index contributed by atoms with van der Waals surface area (Å²) in [6.45, 7) is 9.19. The first-order chi connectivity index (χ1) is 12.0. The number of carbonyl (C=O) groups is 1. The molecule has 0 aliphatic carbocycles. The summed E-state index contributed by atoms with van der Waals surface area (Å²) in [7, 11) is 0. The molecule has 0 saturated carbocycles. The normalized spacial score (nSPS) is 21.7. The highest BCUT2D eigenvalue weighted by atomic mass is 16.5. The van der Waals surface area contributed by atoms with E-state index in [0.29, 0.717) is 25.0 Å². The highest BCUT2D eigenvalue weighted by molar-refractivity contribution is 5.78. The van der Waals surface area contributed by atoms with Crippen LogP contribution in [0.25, 0.3) is 0 Å². The number of ether oxygens (including phenoxy) is 1. The minimum atomic E-state index is 0.0817. The topological polar surface area (TPSA) is 96.6 Å². The first kappa shape index (κ1) is 17.9. The number of anilines is 2. The van der Waals surface area contributed by atoms with Crippen molar-refractivity contribution in [3.63, 3.8) is 0 Å². The predicted octanol–water partition coefficient (Wildman–Crippen LogP) is 0.209. The van der Waals surface area contributed by atoms with Crippen LogP contribution in [0, 0.1) is 0 Å². The summed E-state index contributed by atoms with van der Waals surface area (Å²) in [5, 5.41) is 2.94. The molecule has 1 aromatic heterocycles. The Morgan fingerprint density at radius 1 is 1.36 bits per heavy atom. The average molecular weight is 348 g/mol. The Kier molecular flexibility index (Phi) is 5.70. The van der Waals surface area contributed by atoms with Gasteiger partial charge in [-0.2, -0.15) is 4.98 Å². The fourth-order valence-corrected chi connectivity index (χ4v) is 3.32. The molecule has 8 heteroatoms. The van der Waals surface area contributed by atoms with Gasteiger partial charge in [0.15, 0.2) is 0 Å². The number of nitrogens with zero attached hydrogens (tertiary/aromatic N) is 4. The fourth-order valence-electron chi connectivity index (χ4n) is 3.32. The van der Waals surface area contributed by atoms with Crippen molar-refractivity contribution in [2.45, 2.75) is 32.2 Å². The largest absolute Gasteiger partial charge is 0.381 e. The van der Waals surface area contributed by atoms with Crippen molar-refractivity contribution in [1.29, 1.82) is 0 Å². The van der Waals surface area contributed by atoms with Crippen molar-refractivity contribution in [2.75, 3.05) is 56.6 Å². The molecule has 0 aromatic carbocycles. The number of nitrogen functional groups attached to an aromatic ring is 1. The molecule has 0 unspecified atom stereocenters. The highest BCUT2D eigenvalue weighted by Gasteiger charge is 2.24. The number of nitrogens with one attached hydrogen (secondary N) is 1. The molecule has 25 heavy (non-hydrogen) atoms. The van der Waals surface area contributed by atoms with Gasteiger partial charge in [-0.3, -0.25) is 9.69 Å². The van der Waals surface area contributed by atoms with Crippen molar-refractivity contribution < 1.29 is 9.53 Å². The third-order valence-corrected chi connectivity index (χ3v) is 4.61. The van der Waals surface area contributed by atoms with Gasteiger partial charge in [0.2, 0.25) is 11.9 Å². The molecule has 138 valence electrons. The summed E-state index contributed by atoms with van der Waals surface area (Å²) >= 11 is 0. The van der Waals surface area contributed by atoms with E-state index in [0.717, 1.165) is 50.7 Å². The molecule has 3 heterocycles. The molecule has 2 aliphatic rings. The summed E-state index contributed by atoms with van der Waals surface area (Å²) in [4.78, 5) is 25.1. The van der Waals surface area contributed by atoms with Crippen molar-refractivity contribution in [3.8, 4) is 0 Å². The maximum atomic E-state index is 11.9. The number of amides is 1. The van der Waals surface area contributed by atoms with Crippen LogP contribution in [0.4, 0.5) is 11.8 Å². The number of piperazine rings is 1. The lowest BCUT2D eigenvalue weighted by Crippen LogP contribution is -2.50. The summed E-state index contributed by atoms with van der Waals surface area (Å²) in [5.74, 6) is 1.59. The third kappa shape index (κ3) is 4.79. The molecule has 2 aliphatic heterocycles. The van der Waals surface area contributed by atoms with Crippen molar-refractivity contribution in [1.82, 2.24) is 20.2 Å². The molecule has 0 bridgehead atoms. The molecule has 2 saturated heterocycles. The van der Waals surface area contributed by atoms with Crippen LogP contribution in [-0.2, 0) is 9.53 Å². The first-order valence-electron chi connectivity index (χ1n) is 9.00. The Morgan fingerprint density at radius 3 is 2.76 bits per heavy atom. The van der Waals surface area contributed by atoms with Crippen LogP contribution in [0.3, 0.4) is 0 Å². The number of aromatic nitrogens is 2. The molecular weight excluding hydrogens is 320 g/mol. The molecule has 1 atom stereocenters. The smallest absolute Gasteiger partial charge is 0.234 e. The maximum absolute atomic E-state index is 11.9. The molecule has 8 nitrogen and oxygen atoms in total. The van der Waals surface area contributed by atoms with E-state index in [-0.39, 0.29) is 11.9 Å². The second-order valence-corrected chi connectivity index (χ2v) is 7.06. The number of hydrogen-bond acceptors (Lipinski definition) is 7. The van der Waals surface area contributed by atoms with E-state index in [1.807, 2.05) is 19.9 Å². The van der Waals surface area contributed by atoms with Crippen LogP contribution in [0.5, 0.6) is 0 Å². The van der Waals surface area contributed by atoms with E-state index >= 15 is 0 Å². The van der Waals surface area contributed by atoms with Crippen LogP contribution in [0.15, 0.2) is 6.07 Å². The Bertz CT molecular complexity index is 595. The van der Waals surface area contributed by atoms with Gasteiger partial charge in [-0.25, -0.2) is 4.98 Å². The summed E-state index contributed by atoms with van der Waals surface area (Å²) < 4.78 is 5.46. The molecule has 3 N–H and O–H groups in total. The molecule has 3 rings (SSSR count). The quantitative estimate of drug-likeness (QED) is 0.785. The summed E-state index contributed by atoms with van der Waals surface area (Å²) in [6.07, 6.45) is 0.981. The van der Waals surface area contributed by atoms with Crippen LogP contribution < -0.4 is 16.0 Å². The molecule has 1 aromatic rings. The third-order valence-electron chi connectivity index (χ3n) is 4.61. The lowest BCUT2D eigenvalue weighted by Gasteiger charge is -2.35. The Hall–Kier alpha value is -1.93. The van der Waals surface area contributed by atoms with Crippen LogP contribution >= 0.6 is 0 Å². The van der Waals surface area contributed by atoms with E-state index in [1.54, 1.807) is 0 Å². The van der Waals surface area contributed by atoms with Gasteiger partial charge in [0, 0.05) is 50.8 Å². The highest BCUT2D eigenvalue weighted by Crippen LogP contribution is 2.27. The second-order valence-electron chi connectivity index (χ2n) is 7.06. The van der Waals surface area contributed by atoms with Gasteiger partial charge in [-0.1, -0.05) is 0 Å². The zero-order valence-electron chi connectivity index (χ0n) is 15.1. The van der Waals surface area contributed by atoms with E-state index in [4.69, 9.17) is 10.5 Å². The van der Waals surface area contributed by atoms with Gasteiger partial charge >= 0.3 is 0 Å². The van der Waals surface area contributed by atoms with Gasteiger partial charge in [0.1, 0.15) is 5.82 Å². The van der Waals surface area contributed by atoms with Crippen LogP contribution in [-0.4, -0.2) is 72.8 Å². The van der Waals surface area contributed by atoms with Gasteiger partial charge in [-0.05, 0) is 20.3 Å². The lowest BCUT2D eigenvalue weighted by molar-refractivity contribution is -0.122. The van der Waals surface area contributed by atoms with Crippen LogP contribution in [0.2, 0.25) is 0 Å². The van der Waals surface area contributed by atoms with E-state index in [2.05, 4.69) is 25.1 Å². The Balaban J connectivity index is 1.58. The first-order valence-corrected chi connectivity index (χ1v) is 9.00. The van der Waals surface area contributed by atoms with E-state index in [1.165, 1.54) is 0 Å². The van der Waals surface area contributed by atoms with Crippen molar-refractivity contribution in [2.24, 2.45) is 0 Å². The standard InChI is InChI=1S/C17H28N6O2/c1-12(2)19-16(24)10-22-4-6-23(7-5-22)15-9-14(20-17(18)21-15)13-3-8-25-11-13/h9,12-13H,3-8,10-11H2,1-2H3,(H,19,24)(H2,18,20,21)/t13-/m1/s1. The fraction of sp³-hybridized carbons (Fsp3) is 0.706. The summed E-state index contributed by atoms with van der Waals surface area (Å²) in [5.41, 5.74) is 6.89. The minimum Gasteiger partial charge on any atom is -0.381 e. The number of carbonyl (C=O) groups excluding carboxylic acids is 1. The number of rotatable bonds is 5. The van der Waals surface area contributed by atoms with Crippen molar-refractivity contribution >= 4 is 17.7 Å². The Morgan fingerprint density at radius 2 is 2.12 bits per heavy atom. The zero-order chi connectivity index (χ0) is 17.8. The monoisotopic (exact) mass is 348 g/mol. The van der Waals surface area contributed by atoms with Crippen LogP contribution in [0.1, 0.15) is 31.9 Å². The molecule has 0 radical (unpaired) electrons. The van der Waals surface area contributed by atoms with Gasteiger partial charge in [0.25, 0.3) is 0 Å². The van der Waals surface area contributed by atoms with E-state index < -0.39 is 0 Å². The van der Waals surface area contributed by atoms with E-state index in [9.17, 15) is 4.79 Å². The van der Waals surface area contributed by atoms with Gasteiger partial charge in [-0.15, -0.1) is 0 Å². The molecular formula is C17H28N6O2. The molecule has 1 amide bonds.